The van der Waals surface area contributed by atoms with E-state index in [1.54, 1.807) is 24.3 Å². The molecule has 2 aromatic carbocycles. The molecule has 0 atom stereocenters. The van der Waals surface area contributed by atoms with Crippen LogP contribution in [-0.2, 0) is 19.6 Å². The van der Waals surface area contributed by atoms with Gasteiger partial charge in [-0.25, -0.2) is 18.4 Å². The van der Waals surface area contributed by atoms with E-state index in [-0.39, 0.29) is 16.2 Å². The fourth-order valence-corrected chi connectivity index (χ4v) is 2.70. The van der Waals surface area contributed by atoms with Crippen molar-refractivity contribution in [2.45, 2.75) is 4.90 Å². The summed E-state index contributed by atoms with van der Waals surface area (Å²) in [6.45, 7) is -0.604. The number of hydrogen-bond donors (Lipinski definition) is 2. The number of carbonyl (C=O) groups excluding carboxylic acids is 2. The summed E-state index contributed by atoms with van der Waals surface area (Å²) in [5, 5.41) is 7.86. The third-order valence-corrected chi connectivity index (χ3v) is 4.44. The molecule has 0 radical (unpaired) electrons. The molecule has 0 aliphatic carbocycles. The van der Waals surface area contributed by atoms with E-state index in [0.717, 1.165) is 6.07 Å². The van der Waals surface area contributed by atoms with E-state index in [2.05, 4.69) is 5.32 Å². The summed E-state index contributed by atoms with van der Waals surface area (Å²) in [5.74, 6) is -1.48. The van der Waals surface area contributed by atoms with Crippen molar-refractivity contribution in [1.82, 2.24) is 0 Å². The number of rotatable bonds is 6. The second-order valence-electron chi connectivity index (χ2n) is 5.01. The lowest BCUT2D eigenvalue weighted by Gasteiger charge is -2.11. The van der Waals surface area contributed by atoms with Crippen LogP contribution >= 0.6 is 11.6 Å². The number of methoxy groups -OCH3 is 1. The number of para-hydroxylation sites is 1. The summed E-state index contributed by atoms with van der Waals surface area (Å²) in [6.07, 6.45) is 0. The Labute approximate surface area is 154 Å². The fraction of sp³-hybridized carbons (Fsp3) is 0.125. The summed E-state index contributed by atoms with van der Waals surface area (Å²) in [4.78, 5) is 23.8. The molecule has 26 heavy (non-hydrogen) atoms. The maximum absolute atomic E-state index is 12.2. The maximum Gasteiger partial charge on any atom is 0.342 e. The molecule has 0 aliphatic heterocycles. The largest absolute Gasteiger partial charge is 0.496 e. The van der Waals surface area contributed by atoms with Gasteiger partial charge in [-0.15, -0.1) is 0 Å². The van der Waals surface area contributed by atoms with Gasteiger partial charge < -0.3 is 14.8 Å². The van der Waals surface area contributed by atoms with Crippen LogP contribution in [0.25, 0.3) is 0 Å². The Kier molecular flexibility index (Phi) is 6.19. The number of anilines is 1. The summed E-state index contributed by atoms with van der Waals surface area (Å²) in [6, 6.07) is 10.0. The molecular weight excluding hydrogens is 384 g/mol. The Hall–Kier alpha value is -2.62. The first-order valence-corrected chi connectivity index (χ1v) is 9.07. The molecule has 0 saturated heterocycles. The number of nitrogens with one attached hydrogen (secondary N) is 1. The first kappa shape index (κ1) is 19.7. The van der Waals surface area contributed by atoms with E-state index in [0.29, 0.717) is 10.7 Å². The molecule has 0 aliphatic rings. The smallest absolute Gasteiger partial charge is 0.342 e. The molecule has 0 saturated carbocycles. The zero-order valence-corrected chi connectivity index (χ0v) is 15.1. The first-order valence-electron chi connectivity index (χ1n) is 7.14. The van der Waals surface area contributed by atoms with E-state index >= 15 is 0 Å². The van der Waals surface area contributed by atoms with Crippen molar-refractivity contribution in [1.29, 1.82) is 0 Å². The van der Waals surface area contributed by atoms with E-state index in [1.165, 1.54) is 19.2 Å². The van der Waals surface area contributed by atoms with Gasteiger partial charge in [-0.3, -0.25) is 4.79 Å². The van der Waals surface area contributed by atoms with Gasteiger partial charge in [0, 0.05) is 0 Å². The molecule has 3 N–H and O–H groups in total. The lowest BCUT2D eigenvalue weighted by atomic mass is 10.2. The van der Waals surface area contributed by atoms with Gasteiger partial charge in [0.1, 0.15) is 11.3 Å². The number of sulfonamides is 1. The number of nitrogens with two attached hydrogens (primary N) is 1. The van der Waals surface area contributed by atoms with Crippen molar-refractivity contribution >= 4 is 39.2 Å². The molecule has 2 aromatic rings. The highest BCUT2D eigenvalue weighted by molar-refractivity contribution is 7.89. The average Bonchev–Trinajstić information content (AvgIpc) is 2.60. The summed E-state index contributed by atoms with van der Waals surface area (Å²) < 4.78 is 32.7. The van der Waals surface area contributed by atoms with Crippen LogP contribution in [0.2, 0.25) is 5.02 Å². The van der Waals surface area contributed by atoms with E-state index in [9.17, 15) is 18.0 Å². The third kappa shape index (κ3) is 4.94. The zero-order valence-electron chi connectivity index (χ0n) is 13.6. The number of hydrogen-bond acceptors (Lipinski definition) is 6. The zero-order chi connectivity index (χ0) is 19.3. The van der Waals surface area contributed by atoms with Crippen molar-refractivity contribution in [3.63, 3.8) is 0 Å². The Morgan fingerprint density at radius 3 is 2.50 bits per heavy atom. The average molecular weight is 399 g/mol. The molecule has 1 amide bonds. The van der Waals surface area contributed by atoms with Crippen LogP contribution in [0, 0.1) is 0 Å². The molecule has 0 aromatic heterocycles. The monoisotopic (exact) mass is 398 g/mol. The van der Waals surface area contributed by atoms with Gasteiger partial charge in [0.25, 0.3) is 5.91 Å². The molecule has 138 valence electrons. The van der Waals surface area contributed by atoms with Crippen molar-refractivity contribution in [2.75, 3.05) is 19.0 Å². The number of amides is 1. The van der Waals surface area contributed by atoms with Gasteiger partial charge in [0.15, 0.2) is 6.61 Å². The van der Waals surface area contributed by atoms with Crippen LogP contribution in [-0.4, -0.2) is 34.0 Å². The van der Waals surface area contributed by atoms with Crippen LogP contribution in [0.1, 0.15) is 10.4 Å². The molecule has 0 spiro atoms. The standard InChI is InChI=1S/C16H15ClN2O6S/c1-24-14-7-6-10(26(18,22)23)8-11(14)16(21)25-9-15(20)19-13-5-3-2-4-12(13)17/h2-8H,9H2,1H3,(H,19,20)(H2,18,22,23). The van der Waals surface area contributed by atoms with Crippen LogP contribution in [0.3, 0.4) is 0 Å². The molecule has 0 fully saturated rings. The predicted octanol–water partition coefficient (Wildman–Crippen LogP) is 1.79. The third-order valence-electron chi connectivity index (χ3n) is 3.20. The van der Waals surface area contributed by atoms with Gasteiger partial charge >= 0.3 is 5.97 Å². The van der Waals surface area contributed by atoms with E-state index < -0.39 is 28.5 Å². The minimum Gasteiger partial charge on any atom is -0.496 e. The second-order valence-corrected chi connectivity index (χ2v) is 6.98. The molecule has 0 heterocycles. The van der Waals surface area contributed by atoms with Crippen molar-refractivity contribution < 1.29 is 27.5 Å². The maximum atomic E-state index is 12.2. The SMILES string of the molecule is COc1ccc(S(N)(=O)=O)cc1C(=O)OCC(=O)Nc1ccccc1Cl. The summed E-state index contributed by atoms with van der Waals surface area (Å²) in [7, 11) is -2.72. The van der Waals surface area contributed by atoms with Gasteiger partial charge in [-0.2, -0.15) is 0 Å². The van der Waals surface area contributed by atoms with Crippen LogP contribution in [0.5, 0.6) is 5.75 Å². The predicted molar refractivity (Wildman–Crippen MR) is 94.7 cm³/mol. The lowest BCUT2D eigenvalue weighted by Crippen LogP contribution is -2.21. The molecule has 8 nitrogen and oxygen atoms in total. The van der Waals surface area contributed by atoms with Crippen LogP contribution in [0.4, 0.5) is 5.69 Å². The number of ether oxygens (including phenoxy) is 2. The van der Waals surface area contributed by atoms with E-state index in [1.807, 2.05) is 0 Å². The lowest BCUT2D eigenvalue weighted by molar-refractivity contribution is -0.119. The number of primary sulfonamides is 1. The highest BCUT2D eigenvalue weighted by atomic mass is 35.5. The van der Waals surface area contributed by atoms with Gasteiger partial charge in [-0.05, 0) is 30.3 Å². The number of benzene rings is 2. The van der Waals surface area contributed by atoms with Crippen LogP contribution < -0.4 is 15.2 Å². The quantitative estimate of drug-likeness (QED) is 0.714. The summed E-state index contributed by atoms with van der Waals surface area (Å²) >= 11 is 5.92. The number of carbonyl (C=O) groups is 2. The Morgan fingerprint density at radius 1 is 1.19 bits per heavy atom. The van der Waals surface area contributed by atoms with Crippen molar-refractivity contribution in [3.8, 4) is 5.75 Å². The molecule has 2 rings (SSSR count). The molecule has 0 bridgehead atoms. The minimum atomic E-state index is -4.02. The second kappa shape index (κ2) is 8.17. The topological polar surface area (TPSA) is 125 Å². The highest BCUT2D eigenvalue weighted by Crippen LogP contribution is 2.23. The Morgan fingerprint density at radius 2 is 1.88 bits per heavy atom. The minimum absolute atomic E-state index is 0.0777. The van der Waals surface area contributed by atoms with Gasteiger partial charge in [0.2, 0.25) is 10.0 Å². The normalized spacial score (nSPS) is 10.9. The van der Waals surface area contributed by atoms with Gasteiger partial charge in [0.05, 0.1) is 22.7 Å². The molecular formula is C16H15ClN2O6S. The van der Waals surface area contributed by atoms with Crippen LogP contribution in [0.15, 0.2) is 47.4 Å². The van der Waals surface area contributed by atoms with Crippen molar-refractivity contribution in [2.24, 2.45) is 5.14 Å². The molecule has 10 heteroatoms. The first-order chi connectivity index (χ1) is 12.2. The van der Waals surface area contributed by atoms with Gasteiger partial charge in [-0.1, -0.05) is 23.7 Å². The Bertz CT molecular complexity index is 946. The Balaban J connectivity index is 2.10. The molecule has 0 unspecified atom stereocenters. The number of halogens is 1. The highest BCUT2D eigenvalue weighted by Gasteiger charge is 2.19. The number of esters is 1. The van der Waals surface area contributed by atoms with E-state index in [4.69, 9.17) is 26.2 Å². The fourth-order valence-electron chi connectivity index (χ4n) is 1.98. The summed E-state index contributed by atoms with van der Waals surface area (Å²) in [5.41, 5.74) is 0.189. The van der Waals surface area contributed by atoms with Crippen molar-refractivity contribution in [3.05, 3.63) is 53.1 Å².